The van der Waals surface area contributed by atoms with Crippen LogP contribution in [0, 0.1) is 13.8 Å². The van der Waals surface area contributed by atoms with Crippen molar-refractivity contribution >= 4 is 0 Å². The van der Waals surface area contributed by atoms with Crippen LogP contribution in [0.15, 0.2) is 6.07 Å². The minimum Gasteiger partial charge on any atom is -0.362 e. The summed E-state index contributed by atoms with van der Waals surface area (Å²) in [4.78, 5) is 3.28. The summed E-state index contributed by atoms with van der Waals surface area (Å²) in [5.41, 5.74) is 3.41. The number of aromatic nitrogens is 1. The van der Waals surface area contributed by atoms with Gasteiger partial charge in [-0.3, -0.25) is 0 Å². The zero-order valence-electron chi connectivity index (χ0n) is 8.73. The maximum absolute atomic E-state index is 13.6. The largest absolute Gasteiger partial charge is 0.362 e. The average molecular weight is 196 g/mol. The monoisotopic (exact) mass is 196 g/mol. The Hall–Kier alpha value is -0.830. The Kier molecular flexibility index (Phi) is 2.59. The highest BCUT2D eigenvalue weighted by atomic mass is 19.1. The van der Waals surface area contributed by atoms with E-state index in [-0.39, 0.29) is 5.92 Å². The second-order valence-electron chi connectivity index (χ2n) is 4.16. The lowest BCUT2D eigenvalue weighted by atomic mass is 9.91. The van der Waals surface area contributed by atoms with Crippen LogP contribution in [0.25, 0.3) is 0 Å². The van der Waals surface area contributed by atoms with Crippen molar-refractivity contribution in [3.05, 3.63) is 23.0 Å². The van der Waals surface area contributed by atoms with Gasteiger partial charge in [-0.15, -0.1) is 0 Å². The highest BCUT2D eigenvalue weighted by Crippen LogP contribution is 2.29. The molecule has 1 aromatic rings. The summed E-state index contributed by atoms with van der Waals surface area (Å²) in [6, 6.07) is 2.09. The smallest absolute Gasteiger partial charge is 0.121 e. The lowest BCUT2D eigenvalue weighted by Crippen LogP contribution is -2.37. The van der Waals surface area contributed by atoms with Crippen LogP contribution in [-0.2, 0) is 0 Å². The van der Waals surface area contributed by atoms with Gasteiger partial charge >= 0.3 is 0 Å². The molecule has 0 amide bonds. The maximum atomic E-state index is 13.6. The molecule has 3 heteroatoms. The van der Waals surface area contributed by atoms with E-state index in [0.717, 1.165) is 24.4 Å². The standard InChI is InChI=1S/C11H17FN2/c1-7-5-8(2)14-11(7)9-3-4-13-6-10(9)12/h5,9-10,13-14H,3-4,6H2,1-2H3. The summed E-state index contributed by atoms with van der Waals surface area (Å²) < 4.78 is 13.6. The molecule has 14 heavy (non-hydrogen) atoms. The van der Waals surface area contributed by atoms with E-state index in [9.17, 15) is 4.39 Å². The van der Waals surface area contributed by atoms with Gasteiger partial charge in [0.2, 0.25) is 0 Å². The molecular weight excluding hydrogens is 179 g/mol. The number of alkyl halides is 1. The van der Waals surface area contributed by atoms with Crippen LogP contribution < -0.4 is 5.32 Å². The van der Waals surface area contributed by atoms with Crippen LogP contribution in [-0.4, -0.2) is 24.2 Å². The molecule has 2 nitrogen and oxygen atoms in total. The van der Waals surface area contributed by atoms with Crippen molar-refractivity contribution in [1.29, 1.82) is 0 Å². The Morgan fingerprint density at radius 2 is 2.21 bits per heavy atom. The Morgan fingerprint density at radius 3 is 2.79 bits per heavy atom. The molecular formula is C11H17FN2. The molecule has 1 aromatic heterocycles. The van der Waals surface area contributed by atoms with E-state index in [2.05, 4.69) is 16.4 Å². The van der Waals surface area contributed by atoms with Crippen molar-refractivity contribution in [3.63, 3.8) is 0 Å². The molecule has 2 unspecified atom stereocenters. The second kappa shape index (κ2) is 3.73. The van der Waals surface area contributed by atoms with Gasteiger partial charge in [-0.1, -0.05) is 0 Å². The number of aromatic amines is 1. The first-order chi connectivity index (χ1) is 6.68. The molecule has 0 aromatic carbocycles. The summed E-state index contributed by atoms with van der Waals surface area (Å²) in [5.74, 6) is 0.0601. The molecule has 0 spiro atoms. The first kappa shape index (κ1) is 9.71. The van der Waals surface area contributed by atoms with E-state index in [0.29, 0.717) is 6.54 Å². The van der Waals surface area contributed by atoms with Crippen molar-refractivity contribution in [1.82, 2.24) is 10.3 Å². The lowest BCUT2D eigenvalue weighted by Gasteiger charge is -2.26. The fourth-order valence-corrected chi connectivity index (χ4v) is 2.28. The van der Waals surface area contributed by atoms with Crippen molar-refractivity contribution < 1.29 is 4.39 Å². The Bertz CT molecular complexity index is 319. The maximum Gasteiger partial charge on any atom is 0.121 e. The van der Waals surface area contributed by atoms with E-state index in [1.54, 1.807) is 0 Å². The molecule has 1 aliphatic heterocycles. The van der Waals surface area contributed by atoms with E-state index >= 15 is 0 Å². The zero-order valence-corrected chi connectivity index (χ0v) is 8.73. The molecule has 2 rings (SSSR count). The minimum absolute atomic E-state index is 0.0601. The molecule has 2 heterocycles. The normalized spacial score (nSPS) is 27.9. The van der Waals surface area contributed by atoms with Crippen LogP contribution in [0.1, 0.15) is 29.3 Å². The van der Waals surface area contributed by atoms with Crippen LogP contribution in [0.5, 0.6) is 0 Å². The number of aryl methyl sites for hydroxylation is 2. The van der Waals surface area contributed by atoms with Crippen molar-refractivity contribution in [2.24, 2.45) is 0 Å². The molecule has 1 fully saturated rings. The quantitative estimate of drug-likeness (QED) is 0.707. The first-order valence-corrected chi connectivity index (χ1v) is 5.19. The molecule has 78 valence electrons. The predicted molar refractivity (Wildman–Crippen MR) is 55.4 cm³/mol. The summed E-state index contributed by atoms with van der Waals surface area (Å²) in [7, 11) is 0. The van der Waals surface area contributed by atoms with Crippen LogP contribution in [0.2, 0.25) is 0 Å². The number of hydrogen-bond donors (Lipinski definition) is 2. The fraction of sp³-hybridized carbons (Fsp3) is 0.636. The third kappa shape index (κ3) is 1.69. The van der Waals surface area contributed by atoms with E-state index < -0.39 is 6.17 Å². The molecule has 0 aliphatic carbocycles. The number of piperidine rings is 1. The zero-order chi connectivity index (χ0) is 10.1. The molecule has 1 saturated heterocycles. The highest BCUT2D eigenvalue weighted by molar-refractivity contribution is 5.28. The van der Waals surface area contributed by atoms with Crippen LogP contribution >= 0.6 is 0 Å². The van der Waals surface area contributed by atoms with Gasteiger partial charge in [0.05, 0.1) is 0 Å². The number of H-pyrrole nitrogens is 1. The van der Waals surface area contributed by atoms with E-state index in [1.807, 2.05) is 13.8 Å². The van der Waals surface area contributed by atoms with Gasteiger partial charge in [-0.05, 0) is 38.4 Å². The third-order valence-corrected chi connectivity index (χ3v) is 2.97. The second-order valence-corrected chi connectivity index (χ2v) is 4.16. The summed E-state index contributed by atoms with van der Waals surface area (Å²) in [6.07, 6.45) is 0.141. The number of nitrogens with one attached hydrogen (secondary N) is 2. The van der Waals surface area contributed by atoms with Gasteiger partial charge in [0, 0.05) is 23.9 Å². The van der Waals surface area contributed by atoms with Gasteiger partial charge in [-0.25, -0.2) is 4.39 Å². The van der Waals surface area contributed by atoms with Crippen molar-refractivity contribution in [2.75, 3.05) is 13.1 Å². The summed E-state index contributed by atoms with van der Waals surface area (Å²) in [5, 5.41) is 3.07. The van der Waals surface area contributed by atoms with Crippen LogP contribution in [0.4, 0.5) is 4.39 Å². The SMILES string of the molecule is Cc1cc(C)c(C2CCNCC2F)[nH]1. The fourth-order valence-electron chi connectivity index (χ4n) is 2.28. The Balaban J connectivity index is 2.24. The average Bonchev–Trinajstić information content (AvgIpc) is 2.46. The van der Waals surface area contributed by atoms with Crippen LogP contribution in [0.3, 0.4) is 0 Å². The van der Waals surface area contributed by atoms with Gasteiger partial charge in [0.1, 0.15) is 6.17 Å². The topological polar surface area (TPSA) is 27.8 Å². The van der Waals surface area contributed by atoms with Gasteiger partial charge in [-0.2, -0.15) is 0 Å². The molecule has 2 N–H and O–H groups in total. The molecule has 0 saturated carbocycles. The Labute approximate surface area is 83.9 Å². The van der Waals surface area contributed by atoms with Crippen molar-refractivity contribution in [2.45, 2.75) is 32.4 Å². The predicted octanol–water partition coefficient (Wildman–Crippen LogP) is 2.05. The van der Waals surface area contributed by atoms with E-state index in [4.69, 9.17) is 0 Å². The molecule has 1 aliphatic rings. The minimum atomic E-state index is -0.750. The van der Waals surface area contributed by atoms with Gasteiger partial charge < -0.3 is 10.3 Å². The van der Waals surface area contributed by atoms with E-state index in [1.165, 1.54) is 5.56 Å². The lowest BCUT2D eigenvalue weighted by molar-refractivity contribution is 0.228. The summed E-state index contributed by atoms with van der Waals surface area (Å²) in [6.45, 7) is 5.48. The first-order valence-electron chi connectivity index (χ1n) is 5.19. The van der Waals surface area contributed by atoms with Gasteiger partial charge in [0.25, 0.3) is 0 Å². The van der Waals surface area contributed by atoms with Gasteiger partial charge in [0.15, 0.2) is 0 Å². The van der Waals surface area contributed by atoms with Crippen molar-refractivity contribution in [3.8, 4) is 0 Å². The molecule has 0 bridgehead atoms. The third-order valence-electron chi connectivity index (χ3n) is 2.97. The molecule has 2 atom stereocenters. The Morgan fingerprint density at radius 1 is 1.43 bits per heavy atom. The highest BCUT2D eigenvalue weighted by Gasteiger charge is 2.28. The number of rotatable bonds is 1. The summed E-state index contributed by atoms with van der Waals surface area (Å²) >= 11 is 0. The number of halogens is 1. The number of hydrogen-bond acceptors (Lipinski definition) is 1. The molecule has 0 radical (unpaired) electrons.